The van der Waals surface area contributed by atoms with Crippen LogP contribution < -0.4 is 10.8 Å². The molecule has 0 bridgehead atoms. The Morgan fingerprint density at radius 3 is 2.13 bits per heavy atom. The van der Waals surface area contributed by atoms with Crippen molar-refractivity contribution in [2.45, 2.75) is 37.8 Å². The zero-order valence-electron chi connectivity index (χ0n) is 20.8. The van der Waals surface area contributed by atoms with Gasteiger partial charge in [0.25, 0.3) is 5.91 Å². The molecule has 0 radical (unpaired) electrons. The van der Waals surface area contributed by atoms with Crippen molar-refractivity contribution < 1.29 is 24.7 Å². The van der Waals surface area contributed by atoms with Crippen molar-refractivity contribution in [2.75, 3.05) is 0 Å². The predicted octanol–water partition coefficient (Wildman–Crippen LogP) is 3.58. The number of nitrogens with one attached hydrogen (secondary N) is 3. The Labute approximate surface area is 220 Å². The molecule has 5 N–H and O–H groups in total. The smallest absolute Gasteiger partial charge is 0.272 e. The number of H-pyrrole nitrogens is 1. The fourth-order valence-corrected chi connectivity index (χ4v) is 4.65. The van der Waals surface area contributed by atoms with E-state index in [1.54, 1.807) is 6.20 Å². The molecule has 38 heavy (non-hydrogen) atoms. The van der Waals surface area contributed by atoms with E-state index in [2.05, 4.69) is 10.3 Å². The summed E-state index contributed by atoms with van der Waals surface area (Å²) in [6.45, 7) is 0. The molecule has 3 aromatic carbocycles. The second-order valence-corrected chi connectivity index (χ2v) is 9.27. The average Bonchev–Trinajstić information content (AvgIpc) is 3.39. The Morgan fingerprint density at radius 1 is 0.816 bits per heavy atom. The number of aromatic nitrogens is 1. The van der Waals surface area contributed by atoms with Gasteiger partial charge in [0.05, 0.1) is 12.0 Å². The molecule has 1 aromatic heterocycles. The molecule has 0 saturated heterocycles. The van der Waals surface area contributed by atoms with Crippen molar-refractivity contribution in [1.29, 1.82) is 0 Å². The van der Waals surface area contributed by atoms with E-state index in [9.17, 15) is 19.5 Å². The lowest BCUT2D eigenvalue weighted by atomic mass is 9.91. The molecule has 1 heterocycles. The van der Waals surface area contributed by atoms with E-state index >= 15 is 0 Å². The number of hydroxylamine groups is 1. The third-order valence-electron chi connectivity index (χ3n) is 6.69. The first-order valence-electron chi connectivity index (χ1n) is 12.6. The van der Waals surface area contributed by atoms with Crippen LogP contribution in [-0.4, -0.2) is 45.0 Å². The predicted molar refractivity (Wildman–Crippen MR) is 144 cm³/mol. The number of hydrogen-bond donors (Lipinski definition) is 5. The SMILES string of the molecule is O=C(c1c[nH]c2ccccc12)[C@H](Cc1ccccc1)NC(=O)[C@H](CCCc1ccccc1)[C@H](O)C(=O)NO. The van der Waals surface area contributed by atoms with Crippen molar-refractivity contribution in [3.63, 3.8) is 0 Å². The van der Waals surface area contributed by atoms with Crippen LogP contribution in [0, 0.1) is 5.92 Å². The first-order chi connectivity index (χ1) is 18.5. The molecule has 2 amide bonds. The van der Waals surface area contributed by atoms with Crippen LogP contribution in [0.15, 0.2) is 91.1 Å². The van der Waals surface area contributed by atoms with Crippen molar-refractivity contribution in [1.82, 2.24) is 15.8 Å². The van der Waals surface area contributed by atoms with Crippen LogP contribution in [0.1, 0.15) is 34.3 Å². The van der Waals surface area contributed by atoms with E-state index in [0.29, 0.717) is 18.4 Å². The van der Waals surface area contributed by atoms with E-state index in [-0.39, 0.29) is 18.6 Å². The van der Waals surface area contributed by atoms with E-state index in [1.165, 1.54) is 5.48 Å². The number of carbonyl (C=O) groups is 3. The third kappa shape index (κ3) is 6.53. The molecule has 8 nitrogen and oxygen atoms in total. The van der Waals surface area contributed by atoms with Gasteiger partial charge in [-0.3, -0.25) is 19.6 Å². The molecule has 4 rings (SSSR count). The molecule has 0 spiro atoms. The van der Waals surface area contributed by atoms with E-state index in [1.807, 2.05) is 84.9 Å². The number of hydrogen-bond acceptors (Lipinski definition) is 5. The number of para-hydroxylation sites is 1. The quantitative estimate of drug-likeness (QED) is 0.112. The zero-order chi connectivity index (χ0) is 26.9. The molecule has 0 aliphatic carbocycles. The highest BCUT2D eigenvalue weighted by Gasteiger charge is 2.34. The summed E-state index contributed by atoms with van der Waals surface area (Å²) in [5.74, 6) is -3.17. The Kier molecular flexibility index (Phi) is 9.02. The highest BCUT2D eigenvalue weighted by Crippen LogP contribution is 2.22. The number of Topliss-reactive ketones (excluding diaryl/α,β-unsaturated/α-hetero) is 1. The van der Waals surface area contributed by atoms with Gasteiger partial charge in [-0.2, -0.15) is 0 Å². The van der Waals surface area contributed by atoms with Crippen molar-refractivity contribution in [3.8, 4) is 0 Å². The lowest BCUT2D eigenvalue weighted by molar-refractivity contribution is -0.146. The van der Waals surface area contributed by atoms with Crippen molar-refractivity contribution in [2.24, 2.45) is 5.92 Å². The van der Waals surface area contributed by atoms with Gasteiger partial charge in [0.15, 0.2) is 5.78 Å². The first-order valence-corrected chi connectivity index (χ1v) is 12.6. The lowest BCUT2D eigenvalue weighted by Gasteiger charge is -2.24. The summed E-state index contributed by atoms with van der Waals surface area (Å²) >= 11 is 0. The van der Waals surface area contributed by atoms with E-state index in [4.69, 9.17) is 5.21 Å². The second-order valence-electron chi connectivity index (χ2n) is 9.27. The highest BCUT2D eigenvalue weighted by atomic mass is 16.5. The molecule has 8 heteroatoms. The average molecular weight is 514 g/mol. The number of aryl methyl sites for hydroxylation is 1. The van der Waals surface area contributed by atoms with Gasteiger partial charge in [0, 0.05) is 29.1 Å². The fraction of sp³-hybridized carbons (Fsp3) is 0.233. The summed E-state index contributed by atoms with van der Waals surface area (Å²) < 4.78 is 0. The van der Waals surface area contributed by atoms with E-state index < -0.39 is 29.9 Å². The van der Waals surface area contributed by atoms with Crippen molar-refractivity contribution >= 4 is 28.5 Å². The molecule has 0 saturated carbocycles. The number of fused-ring (bicyclic) bond motifs is 1. The van der Waals surface area contributed by atoms with Gasteiger partial charge in [0.2, 0.25) is 5.91 Å². The molecule has 0 fully saturated rings. The van der Waals surface area contributed by atoms with Crippen LogP contribution in [0.3, 0.4) is 0 Å². The standard InChI is InChI=1S/C30H31N3O5/c34-27(24-19-31-25-17-8-7-15-22(24)25)26(18-21-12-5-2-6-13-21)32-29(36)23(28(35)30(37)33-38)16-9-14-20-10-3-1-4-11-20/h1-8,10-13,15,17,19,23,26,28,31,35,38H,9,14,16,18H2,(H,32,36)(H,33,37)/t23-,26+,28+/m1/s1. The lowest BCUT2D eigenvalue weighted by Crippen LogP contribution is -2.50. The minimum atomic E-state index is -1.78. The number of aromatic amines is 1. The third-order valence-corrected chi connectivity index (χ3v) is 6.69. The molecular formula is C30H31N3O5. The van der Waals surface area contributed by atoms with Gasteiger partial charge < -0.3 is 15.4 Å². The molecule has 3 atom stereocenters. The summed E-state index contributed by atoms with van der Waals surface area (Å²) in [5.41, 5.74) is 4.57. The number of amides is 2. The first kappa shape index (κ1) is 26.8. The molecule has 196 valence electrons. The number of benzene rings is 3. The molecule has 0 aliphatic heterocycles. The molecule has 4 aromatic rings. The second kappa shape index (κ2) is 12.8. The fourth-order valence-electron chi connectivity index (χ4n) is 4.65. The largest absolute Gasteiger partial charge is 0.382 e. The summed E-state index contributed by atoms with van der Waals surface area (Å²) in [7, 11) is 0. The van der Waals surface area contributed by atoms with Crippen molar-refractivity contribution in [3.05, 3.63) is 108 Å². The molecular weight excluding hydrogens is 482 g/mol. The van der Waals surface area contributed by atoms with Gasteiger partial charge in [-0.15, -0.1) is 0 Å². The maximum Gasteiger partial charge on any atom is 0.272 e. The Balaban J connectivity index is 1.57. The van der Waals surface area contributed by atoms with Crippen LogP contribution in [-0.2, 0) is 22.4 Å². The maximum atomic E-state index is 13.7. The summed E-state index contributed by atoms with van der Waals surface area (Å²) in [5, 5.41) is 23.2. The number of carbonyl (C=O) groups excluding carboxylic acids is 3. The van der Waals surface area contributed by atoms with Gasteiger partial charge in [-0.1, -0.05) is 78.9 Å². The van der Waals surface area contributed by atoms with Crippen LogP contribution in [0.2, 0.25) is 0 Å². The zero-order valence-corrected chi connectivity index (χ0v) is 20.8. The minimum absolute atomic E-state index is 0.175. The van der Waals surface area contributed by atoms with Gasteiger partial charge in [-0.05, 0) is 36.5 Å². The van der Waals surface area contributed by atoms with Crippen LogP contribution in [0.4, 0.5) is 0 Å². The number of ketones is 1. The Hall–Kier alpha value is -4.27. The number of aliphatic hydroxyl groups is 1. The normalized spacial score (nSPS) is 13.4. The van der Waals surface area contributed by atoms with Crippen LogP contribution in [0.25, 0.3) is 10.9 Å². The molecule has 0 unspecified atom stereocenters. The topological polar surface area (TPSA) is 132 Å². The highest BCUT2D eigenvalue weighted by molar-refractivity contribution is 6.11. The van der Waals surface area contributed by atoms with Gasteiger partial charge in [0.1, 0.15) is 6.10 Å². The van der Waals surface area contributed by atoms with Gasteiger partial charge >= 0.3 is 0 Å². The summed E-state index contributed by atoms with van der Waals surface area (Å²) in [6.07, 6.45) is 1.40. The number of rotatable bonds is 12. The number of aliphatic hydroxyl groups excluding tert-OH is 1. The maximum absolute atomic E-state index is 13.7. The molecule has 0 aliphatic rings. The minimum Gasteiger partial charge on any atom is -0.382 e. The Morgan fingerprint density at radius 2 is 1.45 bits per heavy atom. The monoisotopic (exact) mass is 513 g/mol. The summed E-state index contributed by atoms with van der Waals surface area (Å²) in [4.78, 5) is 42.4. The van der Waals surface area contributed by atoms with Crippen LogP contribution in [0.5, 0.6) is 0 Å². The van der Waals surface area contributed by atoms with Gasteiger partial charge in [-0.25, -0.2) is 5.48 Å². The van der Waals surface area contributed by atoms with Crippen LogP contribution >= 0.6 is 0 Å². The summed E-state index contributed by atoms with van der Waals surface area (Å²) in [6, 6.07) is 25.4. The van der Waals surface area contributed by atoms with E-state index in [0.717, 1.165) is 22.0 Å². The Bertz CT molecular complexity index is 1370.